The molecule has 0 aromatic heterocycles. The van der Waals surface area contributed by atoms with Crippen molar-refractivity contribution in [3.05, 3.63) is 124 Å². The lowest BCUT2D eigenvalue weighted by Gasteiger charge is -2.34. The number of anilines is 1. The summed E-state index contributed by atoms with van der Waals surface area (Å²) in [5.41, 5.74) is 14.3. The maximum absolute atomic E-state index is 6.36. The predicted octanol–water partition coefficient (Wildman–Crippen LogP) is 6.39. The zero-order valence-electron chi connectivity index (χ0n) is 14.7. The first kappa shape index (κ1) is 16.3. The van der Waals surface area contributed by atoms with E-state index in [2.05, 4.69) is 113 Å². The molecule has 1 aliphatic rings. The molecule has 0 fully saturated rings. The second-order valence-electron chi connectivity index (χ2n) is 6.95. The van der Waals surface area contributed by atoms with Crippen LogP contribution in [-0.4, -0.2) is 0 Å². The van der Waals surface area contributed by atoms with Gasteiger partial charge in [0.25, 0.3) is 0 Å². The van der Waals surface area contributed by atoms with Gasteiger partial charge in [0.15, 0.2) is 0 Å². The first-order valence-electron chi connectivity index (χ1n) is 9.03. The van der Waals surface area contributed by atoms with Crippen molar-refractivity contribution in [3.8, 4) is 11.1 Å². The van der Waals surface area contributed by atoms with Gasteiger partial charge in [0.2, 0.25) is 0 Å². The Kier molecular flexibility index (Phi) is 3.70. The van der Waals surface area contributed by atoms with Crippen LogP contribution < -0.4 is 5.73 Å². The van der Waals surface area contributed by atoms with Crippen LogP contribution in [0.1, 0.15) is 22.3 Å². The molecule has 0 saturated heterocycles. The molecule has 0 aliphatic heterocycles. The molecule has 0 heterocycles. The summed E-state index contributed by atoms with van der Waals surface area (Å²) in [5, 5.41) is 0. The van der Waals surface area contributed by atoms with E-state index < -0.39 is 0 Å². The number of fused-ring (bicyclic) bond motifs is 3. The quantitative estimate of drug-likeness (QED) is 0.334. The number of halogens is 1. The predicted molar refractivity (Wildman–Crippen MR) is 116 cm³/mol. The van der Waals surface area contributed by atoms with Gasteiger partial charge in [0.1, 0.15) is 0 Å². The monoisotopic (exact) mass is 411 g/mol. The smallest absolute Gasteiger partial charge is 0.0714 e. The van der Waals surface area contributed by atoms with Gasteiger partial charge in [-0.1, -0.05) is 84.9 Å². The molecule has 0 radical (unpaired) electrons. The zero-order valence-corrected chi connectivity index (χ0v) is 16.3. The lowest BCUT2D eigenvalue weighted by Crippen LogP contribution is -2.28. The van der Waals surface area contributed by atoms with Crippen molar-refractivity contribution >= 4 is 21.6 Å². The number of hydrogen-bond acceptors (Lipinski definition) is 1. The van der Waals surface area contributed by atoms with Crippen molar-refractivity contribution in [1.82, 2.24) is 0 Å². The third-order valence-corrected chi connectivity index (χ3v) is 6.26. The lowest BCUT2D eigenvalue weighted by atomic mass is 9.67. The van der Waals surface area contributed by atoms with Crippen LogP contribution >= 0.6 is 15.9 Å². The normalized spacial score (nSPS) is 13.8. The standard InChI is InChI=1S/C25H18BrN/c26-23-15-20-19-13-7-8-14-21(19)25(22(20)16-24(23)27,17-9-3-1-4-10-17)18-11-5-2-6-12-18/h1-16H,27H2. The van der Waals surface area contributed by atoms with E-state index in [1.165, 1.54) is 33.4 Å². The molecular weight excluding hydrogens is 394 g/mol. The summed E-state index contributed by atoms with van der Waals surface area (Å²) in [6, 6.07) is 34.5. The zero-order chi connectivity index (χ0) is 18.4. The fourth-order valence-corrected chi connectivity index (χ4v) is 4.82. The fourth-order valence-electron chi connectivity index (χ4n) is 4.48. The van der Waals surface area contributed by atoms with Crippen molar-refractivity contribution in [2.75, 3.05) is 5.73 Å². The Bertz CT molecular complexity index is 1090. The van der Waals surface area contributed by atoms with Crippen molar-refractivity contribution < 1.29 is 0 Å². The van der Waals surface area contributed by atoms with Gasteiger partial charge in [-0.3, -0.25) is 0 Å². The highest BCUT2D eigenvalue weighted by Gasteiger charge is 2.46. The topological polar surface area (TPSA) is 26.0 Å². The Morgan fingerprint density at radius 1 is 0.593 bits per heavy atom. The van der Waals surface area contributed by atoms with Gasteiger partial charge in [-0.25, -0.2) is 0 Å². The minimum Gasteiger partial charge on any atom is -0.398 e. The molecule has 27 heavy (non-hydrogen) atoms. The molecule has 4 aromatic rings. The van der Waals surface area contributed by atoms with Crippen LogP contribution in [0.4, 0.5) is 5.69 Å². The van der Waals surface area contributed by atoms with Crippen LogP contribution in [0.2, 0.25) is 0 Å². The summed E-state index contributed by atoms with van der Waals surface area (Å²) in [5.74, 6) is 0. The van der Waals surface area contributed by atoms with Crippen LogP contribution in [0.3, 0.4) is 0 Å². The summed E-state index contributed by atoms with van der Waals surface area (Å²) < 4.78 is 0.938. The Morgan fingerprint density at radius 2 is 1.15 bits per heavy atom. The Labute approximate surface area is 167 Å². The van der Waals surface area contributed by atoms with Crippen molar-refractivity contribution in [2.45, 2.75) is 5.41 Å². The first-order chi connectivity index (χ1) is 13.2. The first-order valence-corrected chi connectivity index (χ1v) is 9.82. The van der Waals surface area contributed by atoms with Crippen molar-refractivity contribution in [2.24, 2.45) is 0 Å². The van der Waals surface area contributed by atoms with E-state index in [-0.39, 0.29) is 5.41 Å². The molecule has 0 spiro atoms. The summed E-state index contributed by atoms with van der Waals surface area (Å²) in [6.45, 7) is 0. The lowest BCUT2D eigenvalue weighted by molar-refractivity contribution is 0.769. The van der Waals surface area contributed by atoms with Gasteiger partial charge < -0.3 is 5.73 Å². The maximum Gasteiger partial charge on any atom is 0.0714 e. The number of rotatable bonds is 2. The van der Waals surface area contributed by atoms with E-state index >= 15 is 0 Å². The van der Waals surface area contributed by atoms with Crippen LogP contribution in [0, 0.1) is 0 Å². The highest BCUT2D eigenvalue weighted by Crippen LogP contribution is 2.57. The molecule has 130 valence electrons. The SMILES string of the molecule is Nc1cc2c(cc1Br)-c1ccccc1C2(c1ccccc1)c1ccccc1. The highest BCUT2D eigenvalue weighted by molar-refractivity contribution is 9.10. The van der Waals surface area contributed by atoms with Gasteiger partial charge in [-0.05, 0) is 61.4 Å². The molecule has 1 aliphatic carbocycles. The average Bonchev–Trinajstić information content (AvgIpc) is 3.00. The molecule has 1 nitrogen and oxygen atoms in total. The fraction of sp³-hybridized carbons (Fsp3) is 0.0400. The van der Waals surface area contributed by atoms with Gasteiger partial charge in [0, 0.05) is 10.2 Å². The second-order valence-corrected chi connectivity index (χ2v) is 7.80. The molecule has 5 rings (SSSR count). The molecule has 0 atom stereocenters. The molecule has 2 N–H and O–H groups in total. The molecule has 0 amide bonds. The van der Waals surface area contributed by atoms with Crippen molar-refractivity contribution in [1.29, 1.82) is 0 Å². The number of nitrogens with two attached hydrogens (primary N) is 1. The van der Waals surface area contributed by atoms with Gasteiger partial charge in [-0.2, -0.15) is 0 Å². The van der Waals surface area contributed by atoms with Crippen LogP contribution in [0.25, 0.3) is 11.1 Å². The van der Waals surface area contributed by atoms with Crippen LogP contribution in [0.15, 0.2) is 102 Å². The molecule has 2 heteroatoms. The Balaban J connectivity index is 1.99. The van der Waals surface area contributed by atoms with E-state index in [1.807, 2.05) is 0 Å². The third kappa shape index (κ3) is 2.23. The number of benzene rings is 4. The van der Waals surface area contributed by atoms with E-state index in [4.69, 9.17) is 5.73 Å². The van der Waals surface area contributed by atoms with Crippen molar-refractivity contribution in [3.63, 3.8) is 0 Å². The number of nitrogen functional groups attached to an aromatic ring is 1. The summed E-state index contributed by atoms with van der Waals surface area (Å²) >= 11 is 3.63. The molecule has 0 bridgehead atoms. The van der Waals surface area contributed by atoms with Gasteiger partial charge >= 0.3 is 0 Å². The third-order valence-electron chi connectivity index (χ3n) is 5.58. The van der Waals surface area contributed by atoms with Crippen LogP contribution in [-0.2, 0) is 5.41 Å². The maximum atomic E-state index is 6.36. The molecular formula is C25H18BrN. The van der Waals surface area contributed by atoms with E-state index in [0.717, 1.165) is 10.2 Å². The number of hydrogen-bond donors (Lipinski definition) is 1. The largest absolute Gasteiger partial charge is 0.398 e. The van der Waals surface area contributed by atoms with Gasteiger partial charge in [-0.15, -0.1) is 0 Å². The summed E-state index contributed by atoms with van der Waals surface area (Å²) in [6.07, 6.45) is 0. The summed E-state index contributed by atoms with van der Waals surface area (Å²) in [7, 11) is 0. The molecule has 4 aromatic carbocycles. The van der Waals surface area contributed by atoms with E-state index in [0.29, 0.717) is 0 Å². The average molecular weight is 412 g/mol. The van der Waals surface area contributed by atoms with E-state index in [1.54, 1.807) is 0 Å². The van der Waals surface area contributed by atoms with E-state index in [9.17, 15) is 0 Å². The summed E-state index contributed by atoms with van der Waals surface area (Å²) in [4.78, 5) is 0. The second kappa shape index (κ2) is 6.11. The molecule has 0 saturated carbocycles. The van der Waals surface area contributed by atoms with Gasteiger partial charge in [0.05, 0.1) is 5.41 Å². The highest BCUT2D eigenvalue weighted by atomic mass is 79.9. The minimum absolute atomic E-state index is 0.372. The minimum atomic E-state index is -0.372. The van der Waals surface area contributed by atoms with Crippen LogP contribution in [0.5, 0.6) is 0 Å². The Morgan fingerprint density at radius 3 is 1.78 bits per heavy atom. The molecule has 0 unspecified atom stereocenters. The Hall–Kier alpha value is -2.84.